The molecule has 3 rings (SSSR count). The number of carbonyl (C=O) groups excluding carboxylic acids is 1. The van der Waals surface area contributed by atoms with Crippen LogP contribution in [0, 0.1) is 6.92 Å². The number of nitrogens with zero attached hydrogens (tertiary/aromatic N) is 3. The molecule has 0 fully saturated rings. The molecule has 3 aromatic rings. The van der Waals surface area contributed by atoms with E-state index in [0.29, 0.717) is 5.56 Å². The van der Waals surface area contributed by atoms with Crippen molar-refractivity contribution in [2.24, 2.45) is 0 Å². The van der Waals surface area contributed by atoms with Gasteiger partial charge in [-0.3, -0.25) is 9.78 Å². The van der Waals surface area contributed by atoms with Crippen LogP contribution in [0.3, 0.4) is 0 Å². The first kappa shape index (κ1) is 19.1. The van der Waals surface area contributed by atoms with Gasteiger partial charge in [0.15, 0.2) is 0 Å². The molecule has 6 nitrogen and oxygen atoms in total. The molecule has 1 aromatic carbocycles. The summed E-state index contributed by atoms with van der Waals surface area (Å²) >= 11 is 1.17. The van der Waals surface area contributed by atoms with E-state index in [4.69, 9.17) is 0 Å². The smallest absolute Gasteiger partial charge is 0.251 e. The highest BCUT2D eigenvalue weighted by atomic mass is 32.1. The molecule has 1 atom stereocenters. The summed E-state index contributed by atoms with van der Waals surface area (Å²) in [5.41, 5.74) is 5.73. The zero-order chi connectivity index (χ0) is 19.4. The van der Waals surface area contributed by atoms with E-state index in [1.807, 2.05) is 44.2 Å². The third kappa shape index (κ3) is 4.37. The maximum Gasteiger partial charge on any atom is 0.251 e. The Hall–Kier alpha value is -2.64. The Bertz CT molecular complexity index is 937. The Balaban J connectivity index is 2.10. The van der Waals surface area contributed by atoms with Gasteiger partial charge in [-0.05, 0) is 50.1 Å². The molecular weight excluding hydrogens is 360 g/mol. The third-order valence-electron chi connectivity index (χ3n) is 4.22. The highest BCUT2D eigenvalue weighted by Crippen LogP contribution is 2.29. The van der Waals surface area contributed by atoms with Gasteiger partial charge in [-0.25, -0.2) is 0 Å². The summed E-state index contributed by atoms with van der Waals surface area (Å²) < 4.78 is 8.76. The molecule has 2 N–H and O–H groups in total. The Morgan fingerprint density at radius 2 is 2.00 bits per heavy atom. The number of aromatic nitrogens is 3. The first-order valence-electron chi connectivity index (χ1n) is 8.83. The highest BCUT2D eigenvalue weighted by Gasteiger charge is 2.16. The van der Waals surface area contributed by atoms with E-state index in [9.17, 15) is 9.90 Å². The van der Waals surface area contributed by atoms with Crippen LogP contribution in [0.4, 0.5) is 0 Å². The number of aryl methyl sites for hydroxylation is 2. The SMILES string of the molecule is CCc1nsnc1-c1cc(C(=O)NC(C)CO)cc(-c2ccc(C)cn2)c1. The molecule has 7 heteroatoms. The van der Waals surface area contributed by atoms with Crippen molar-refractivity contribution in [1.29, 1.82) is 0 Å². The number of rotatable bonds is 6. The first-order valence-corrected chi connectivity index (χ1v) is 9.56. The molecule has 0 saturated carbocycles. The summed E-state index contributed by atoms with van der Waals surface area (Å²) in [4.78, 5) is 17.1. The average molecular weight is 382 g/mol. The second kappa shape index (κ2) is 8.37. The van der Waals surface area contributed by atoms with Crippen molar-refractivity contribution in [1.82, 2.24) is 19.0 Å². The number of pyridine rings is 1. The van der Waals surface area contributed by atoms with Crippen LogP contribution in [-0.4, -0.2) is 37.4 Å². The maximum absolute atomic E-state index is 12.7. The Morgan fingerprint density at radius 1 is 1.22 bits per heavy atom. The molecule has 27 heavy (non-hydrogen) atoms. The number of carbonyl (C=O) groups is 1. The molecule has 0 radical (unpaired) electrons. The van der Waals surface area contributed by atoms with Crippen molar-refractivity contribution in [2.75, 3.05) is 6.61 Å². The van der Waals surface area contributed by atoms with Crippen LogP contribution in [-0.2, 0) is 6.42 Å². The third-order valence-corrected chi connectivity index (χ3v) is 4.78. The van der Waals surface area contributed by atoms with E-state index in [-0.39, 0.29) is 18.6 Å². The van der Waals surface area contributed by atoms with Gasteiger partial charge in [0.1, 0.15) is 5.69 Å². The van der Waals surface area contributed by atoms with E-state index >= 15 is 0 Å². The molecule has 0 aliphatic rings. The average Bonchev–Trinajstić information content (AvgIpc) is 3.17. The number of amides is 1. The maximum atomic E-state index is 12.7. The molecule has 0 saturated heterocycles. The van der Waals surface area contributed by atoms with Crippen LogP contribution in [0.1, 0.15) is 35.5 Å². The minimum absolute atomic E-state index is 0.117. The molecule has 1 amide bonds. The summed E-state index contributed by atoms with van der Waals surface area (Å²) in [6.07, 6.45) is 2.57. The summed E-state index contributed by atoms with van der Waals surface area (Å²) in [7, 11) is 0. The lowest BCUT2D eigenvalue weighted by Gasteiger charge is -2.13. The molecule has 2 heterocycles. The minimum atomic E-state index is -0.325. The van der Waals surface area contributed by atoms with Gasteiger partial charge in [-0.15, -0.1) is 0 Å². The highest BCUT2D eigenvalue weighted by molar-refractivity contribution is 6.99. The lowest BCUT2D eigenvalue weighted by Crippen LogP contribution is -2.35. The van der Waals surface area contributed by atoms with E-state index in [1.54, 1.807) is 13.1 Å². The quantitative estimate of drug-likeness (QED) is 0.683. The lowest BCUT2D eigenvalue weighted by atomic mass is 9.99. The molecule has 0 spiro atoms. The predicted octanol–water partition coefficient (Wildman–Crippen LogP) is 3.25. The second-order valence-corrected chi connectivity index (χ2v) is 7.02. The predicted molar refractivity (Wildman–Crippen MR) is 107 cm³/mol. The van der Waals surface area contributed by atoms with E-state index in [2.05, 4.69) is 19.0 Å². The van der Waals surface area contributed by atoms with E-state index in [0.717, 1.165) is 40.2 Å². The summed E-state index contributed by atoms with van der Waals surface area (Å²) in [6.45, 7) is 5.65. The van der Waals surface area contributed by atoms with Gasteiger partial charge in [-0.1, -0.05) is 13.0 Å². The van der Waals surface area contributed by atoms with Gasteiger partial charge in [0.05, 0.1) is 29.7 Å². The van der Waals surface area contributed by atoms with Gasteiger partial charge >= 0.3 is 0 Å². The largest absolute Gasteiger partial charge is 0.394 e. The van der Waals surface area contributed by atoms with Crippen molar-refractivity contribution < 1.29 is 9.90 Å². The molecule has 0 aliphatic heterocycles. The van der Waals surface area contributed by atoms with E-state index in [1.165, 1.54) is 11.7 Å². The van der Waals surface area contributed by atoms with Crippen molar-refractivity contribution >= 4 is 17.6 Å². The number of aliphatic hydroxyl groups excluding tert-OH is 1. The number of benzene rings is 1. The van der Waals surface area contributed by atoms with Gasteiger partial charge < -0.3 is 10.4 Å². The standard InChI is InChI=1S/C20H22N4O2S/c1-4-17-19(24-27-23-17)15-7-14(18-6-5-12(2)10-21-18)8-16(9-15)20(26)22-13(3)11-25/h5-10,13,25H,4,11H2,1-3H3,(H,22,26). The molecule has 1 unspecified atom stereocenters. The van der Waals surface area contributed by atoms with Crippen LogP contribution in [0.25, 0.3) is 22.5 Å². The van der Waals surface area contributed by atoms with Gasteiger partial charge in [0.25, 0.3) is 5.91 Å². The van der Waals surface area contributed by atoms with Crippen LogP contribution in [0.5, 0.6) is 0 Å². The minimum Gasteiger partial charge on any atom is -0.394 e. The molecule has 140 valence electrons. The van der Waals surface area contributed by atoms with Gasteiger partial charge in [-0.2, -0.15) is 8.75 Å². The zero-order valence-corrected chi connectivity index (χ0v) is 16.4. The molecular formula is C20H22N4O2S. The monoisotopic (exact) mass is 382 g/mol. The van der Waals surface area contributed by atoms with Gasteiger partial charge in [0, 0.05) is 28.9 Å². The molecule has 2 aromatic heterocycles. The normalized spacial score (nSPS) is 12.0. The van der Waals surface area contributed by atoms with Crippen molar-refractivity contribution in [3.05, 3.63) is 53.3 Å². The summed E-state index contributed by atoms with van der Waals surface area (Å²) in [6, 6.07) is 9.21. The molecule has 0 aliphatic carbocycles. The van der Waals surface area contributed by atoms with Crippen molar-refractivity contribution in [3.8, 4) is 22.5 Å². The number of hydrogen-bond acceptors (Lipinski definition) is 6. The fourth-order valence-electron chi connectivity index (χ4n) is 2.69. The van der Waals surface area contributed by atoms with Crippen molar-refractivity contribution in [3.63, 3.8) is 0 Å². The van der Waals surface area contributed by atoms with Crippen LogP contribution >= 0.6 is 11.7 Å². The van der Waals surface area contributed by atoms with Crippen LogP contribution in [0.2, 0.25) is 0 Å². The Morgan fingerprint density at radius 3 is 2.67 bits per heavy atom. The van der Waals surface area contributed by atoms with E-state index < -0.39 is 0 Å². The zero-order valence-electron chi connectivity index (χ0n) is 15.6. The van der Waals surface area contributed by atoms with Crippen molar-refractivity contribution in [2.45, 2.75) is 33.2 Å². The fourth-order valence-corrected chi connectivity index (χ4v) is 3.34. The van der Waals surface area contributed by atoms with Gasteiger partial charge in [0.2, 0.25) is 0 Å². The number of aliphatic hydroxyl groups is 1. The fraction of sp³-hybridized carbons (Fsp3) is 0.300. The van der Waals surface area contributed by atoms with Crippen LogP contribution < -0.4 is 5.32 Å². The summed E-state index contributed by atoms with van der Waals surface area (Å²) in [5, 5.41) is 12.0. The van der Waals surface area contributed by atoms with Crippen LogP contribution in [0.15, 0.2) is 36.5 Å². The molecule has 0 bridgehead atoms. The number of hydrogen-bond donors (Lipinski definition) is 2. The summed E-state index contributed by atoms with van der Waals surface area (Å²) in [5.74, 6) is -0.243. The first-order chi connectivity index (χ1) is 13.0. The lowest BCUT2D eigenvalue weighted by molar-refractivity contribution is 0.0922. The Kier molecular flexibility index (Phi) is 5.93. The number of nitrogens with one attached hydrogen (secondary N) is 1. The second-order valence-electron chi connectivity index (χ2n) is 6.49. The topological polar surface area (TPSA) is 88.0 Å². The Labute approximate surface area is 162 Å².